The van der Waals surface area contributed by atoms with Crippen molar-refractivity contribution in [2.45, 2.75) is 38.3 Å². The first-order valence-corrected chi connectivity index (χ1v) is 10.6. The Morgan fingerprint density at radius 3 is 2.30 bits per heavy atom. The summed E-state index contributed by atoms with van der Waals surface area (Å²) in [4.78, 5) is 11.1. The number of sulfone groups is 1. The summed E-state index contributed by atoms with van der Waals surface area (Å²) in [7, 11) is 0.416. The first kappa shape index (κ1) is 22.6. The van der Waals surface area contributed by atoms with Crippen LogP contribution < -0.4 is 0 Å². The summed E-state index contributed by atoms with van der Waals surface area (Å²) in [5.74, 6) is 0.717. The standard InChI is InChI=1S/C20H28N4O2S/c1-7-8-15(2)16(3)23-19(13-21)20(24(4)5)22-14-17-9-11-18(12-10-17)27(6,25)26/h7-12,15-16H,14H2,1-6H3/b8-7-,22-20?,23-19?. The lowest BCUT2D eigenvalue weighted by atomic mass is 10.0. The van der Waals surface area contributed by atoms with E-state index in [1.165, 1.54) is 6.26 Å². The molecule has 2 atom stereocenters. The molecule has 0 saturated carbocycles. The molecule has 27 heavy (non-hydrogen) atoms. The predicted octanol–water partition coefficient (Wildman–Crippen LogP) is 3.12. The minimum Gasteiger partial charge on any atom is -0.361 e. The zero-order chi connectivity index (χ0) is 20.6. The molecule has 0 fully saturated rings. The highest BCUT2D eigenvalue weighted by Gasteiger charge is 2.15. The number of hydrogen-bond donors (Lipinski definition) is 0. The van der Waals surface area contributed by atoms with E-state index < -0.39 is 9.84 Å². The Hall–Kier alpha value is -2.46. The van der Waals surface area contributed by atoms with Crippen molar-refractivity contribution in [3.8, 4) is 6.07 Å². The Labute approximate surface area is 162 Å². The number of amidine groups is 1. The zero-order valence-electron chi connectivity index (χ0n) is 16.8. The van der Waals surface area contributed by atoms with Gasteiger partial charge in [-0.1, -0.05) is 31.2 Å². The molecule has 0 aliphatic heterocycles. The minimum absolute atomic E-state index is 0.0463. The van der Waals surface area contributed by atoms with E-state index in [-0.39, 0.29) is 22.6 Å². The lowest BCUT2D eigenvalue weighted by Gasteiger charge is -2.17. The quantitative estimate of drug-likeness (QED) is 0.408. The van der Waals surface area contributed by atoms with Crippen molar-refractivity contribution in [1.82, 2.24) is 4.90 Å². The molecule has 2 unspecified atom stereocenters. The average molecular weight is 389 g/mol. The molecule has 0 amide bonds. The van der Waals surface area contributed by atoms with Crippen molar-refractivity contribution >= 4 is 21.4 Å². The molecule has 0 radical (unpaired) electrons. The number of rotatable bonds is 7. The fourth-order valence-electron chi connectivity index (χ4n) is 2.36. The summed E-state index contributed by atoms with van der Waals surface area (Å²) in [6, 6.07) is 8.69. The number of allylic oxidation sites excluding steroid dienone is 1. The minimum atomic E-state index is -3.22. The Morgan fingerprint density at radius 1 is 1.26 bits per heavy atom. The molecular formula is C20H28N4O2S. The van der Waals surface area contributed by atoms with Crippen LogP contribution >= 0.6 is 0 Å². The third kappa shape index (κ3) is 6.99. The van der Waals surface area contributed by atoms with E-state index in [1.54, 1.807) is 29.2 Å². The Morgan fingerprint density at radius 2 is 1.85 bits per heavy atom. The molecule has 0 aromatic heterocycles. The van der Waals surface area contributed by atoms with Gasteiger partial charge in [0, 0.05) is 20.4 Å². The normalized spacial score (nSPS) is 15.4. The second-order valence-corrected chi connectivity index (χ2v) is 8.68. The molecule has 0 aliphatic rings. The highest BCUT2D eigenvalue weighted by molar-refractivity contribution is 7.90. The van der Waals surface area contributed by atoms with Crippen LogP contribution in [0.2, 0.25) is 0 Å². The van der Waals surface area contributed by atoms with Gasteiger partial charge >= 0.3 is 0 Å². The van der Waals surface area contributed by atoms with Crippen LogP contribution in [0, 0.1) is 17.2 Å². The molecule has 0 aliphatic carbocycles. The maximum absolute atomic E-state index is 11.5. The summed E-state index contributed by atoms with van der Waals surface area (Å²) in [5.41, 5.74) is 1.14. The van der Waals surface area contributed by atoms with Gasteiger partial charge in [-0.25, -0.2) is 8.42 Å². The molecule has 1 aromatic carbocycles. The second-order valence-electron chi connectivity index (χ2n) is 6.67. The van der Waals surface area contributed by atoms with E-state index in [1.807, 2.05) is 34.0 Å². The number of benzene rings is 1. The molecule has 0 bridgehead atoms. The van der Waals surface area contributed by atoms with E-state index >= 15 is 0 Å². The molecule has 146 valence electrons. The van der Waals surface area contributed by atoms with Crippen LogP contribution in [0.25, 0.3) is 0 Å². The van der Waals surface area contributed by atoms with Gasteiger partial charge in [-0.3, -0.25) is 9.98 Å². The molecule has 0 heterocycles. The van der Waals surface area contributed by atoms with Crippen LogP contribution in [0.5, 0.6) is 0 Å². The summed E-state index contributed by atoms with van der Waals surface area (Å²) >= 11 is 0. The third-order valence-electron chi connectivity index (χ3n) is 4.09. The van der Waals surface area contributed by atoms with Gasteiger partial charge in [0.1, 0.15) is 6.07 Å². The third-order valence-corrected chi connectivity index (χ3v) is 5.22. The number of hydrogen-bond acceptors (Lipinski definition) is 5. The predicted molar refractivity (Wildman–Crippen MR) is 111 cm³/mol. The fraction of sp³-hybridized carbons (Fsp3) is 0.450. The van der Waals surface area contributed by atoms with Crippen LogP contribution in [0.15, 0.2) is 51.3 Å². The largest absolute Gasteiger partial charge is 0.361 e. The van der Waals surface area contributed by atoms with Crippen LogP contribution in [-0.4, -0.2) is 51.3 Å². The summed E-state index contributed by atoms with van der Waals surface area (Å²) in [6.45, 7) is 6.31. The molecule has 0 spiro atoms. The number of nitrogens with zero attached hydrogens (tertiary/aromatic N) is 4. The molecule has 0 N–H and O–H groups in total. The van der Waals surface area contributed by atoms with Crippen molar-refractivity contribution in [1.29, 1.82) is 5.26 Å². The maximum atomic E-state index is 11.5. The van der Waals surface area contributed by atoms with Crippen molar-refractivity contribution < 1.29 is 8.42 Å². The average Bonchev–Trinajstić information content (AvgIpc) is 2.60. The molecule has 1 rings (SSSR count). The number of aliphatic imine (C=N–C) groups is 2. The summed E-state index contributed by atoms with van der Waals surface area (Å²) < 4.78 is 23.1. The highest BCUT2D eigenvalue weighted by Crippen LogP contribution is 2.12. The van der Waals surface area contributed by atoms with Crippen molar-refractivity contribution in [3.05, 3.63) is 42.0 Å². The van der Waals surface area contributed by atoms with Gasteiger partial charge in [-0.15, -0.1) is 0 Å². The molecule has 7 heteroatoms. The molecule has 6 nitrogen and oxygen atoms in total. The van der Waals surface area contributed by atoms with Crippen LogP contribution in [0.3, 0.4) is 0 Å². The summed E-state index contributed by atoms with van der Waals surface area (Å²) in [6.07, 6.45) is 5.21. The summed E-state index contributed by atoms with van der Waals surface area (Å²) in [5, 5.41) is 9.56. The molecule has 0 saturated heterocycles. The first-order chi connectivity index (χ1) is 12.6. The van der Waals surface area contributed by atoms with Crippen molar-refractivity contribution in [2.75, 3.05) is 20.4 Å². The lowest BCUT2D eigenvalue weighted by molar-refractivity contribution is 0.582. The maximum Gasteiger partial charge on any atom is 0.178 e. The molecule has 1 aromatic rings. The SMILES string of the molecule is C/C=C\C(C)C(C)N=C(C#N)C(=NCc1ccc(S(C)(=O)=O)cc1)N(C)C. The van der Waals surface area contributed by atoms with Gasteiger partial charge in [0.15, 0.2) is 21.4 Å². The molecular weight excluding hydrogens is 360 g/mol. The van der Waals surface area contributed by atoms with E-state index in [0.717, 1.165) is 5.56 Å². The first-order valence-electron chi connectivity index (χ1n) is 8.72. The van der Waals surface area contributed by atoms with Crippen LogP contribution in [0.4, 0.5) is 0 Å². The van der Waals surface area contributed by atoms with E-state index in [4.69, 9.17) is 0 Å². The van der Waals surface area contributed by atoms with Gasteiger partial charge in [-0.05, 0) is 37.5 Å². The van der Waals surface area contributed by atoms with Crippen molar-refractivity contribution in [2.24, 2.45) is 15.9 Å². The van der Waals surface area contributed by atoms with E-state index in [2.05, 4.69) is 29.1 Å². The second kappa shape index (κ2) is 10.0. The fourth-order valence-corrected chi connectivity index (χ4v) is 2.99. The van der Waals surface area contributed by atoms with Gasteiger partial charge < -0.3 is 4.90 Å². The number of nitriles is 1. The van der Waals surface area contributed by atoms with Crippen molar-refractivity contribution in [3.63, 3.8) is 0 Å². The zero-order valence-corrected chi connectivity index (χ0v) is 17.7. The van der Waals surface area contributed by atoms with E-state index in [0.29, 0.717) is 12.4 Å². The monoisotopic (exact) mass is 388 g/mol. The highest BCUT2D eigenvalue weighted by atomic mass is 32.2. The van der Waals surface area contributed by atoms with Gasteiger partial charge in [0.05, 0.1) is 17.5 Å². The topological polar surface area (TPSA) is 85.9 Å². The Balaban J connectivity index is 3.10. The van der Waals surface area contributed by atoms with Gasteiger partial charge in [-0.2, -0.15) is 5.26 Å². The van der Waals surface area contributed by atoms with Crippen LogP contribution in [0.1, 0.15) is 26.3 Å². The Kier molecular flexibility index (Phi) is 8.38. The van der Waals surface area contributed by atoms with Gasteiger partial charge in [0.25, 0.3) is 0 Å². The smallest absolute Gasteiger partial charge is 0.178 e. The lowest BCUT2D eigenvalue weighted by Crippen LogP contribution is -2.31. The van der Waals surface area contributed by atoms with Gasteiger partial charge in [0.2, 0.25) is 0 Å². The Bertz CT molecular complexity index is 860. The van der Waals surface area contributed by atoms with E-state index in [9.17, 15) is 13.7 Å². The van der Waals surface area contributed by atoms with Crippen LogP contribution in [-0.2, 0) is 16.4 Å².